The van der Waals surface area contributed by atoms with Crippen molar-refractivity contribution in [3.05, 3.63) is 70.9 Å². The van der Waals surface area contributed by atoms with Gasteiger partial charge in [0.25, 0.3) is 0 Å². The van der Waals surface area contributed by atoms with Crippen molar-refractivity contribution < 1.29 is 18.4 Å². The van der Waals surface area contributed by atoms with Crippen molar-refractivity contribution >= 4 is 15.8 Å². The van der Waals surface area contributed by atoms with Gasteiger partial charge in [0.2, 0.25) is 10.0 Å². The van der Waals surface area contributed by atoms with Gasteiger partial charge in [0.1, 0.15) is 0 Å². The molecule has 8 heteroatoms. The minimum atomic E-state index is -3.80. The van der Waals surface area contributed by atoms with E-state index in [4.69, 9.17) is 5.14 Å². The second-order valence-corrected chi connectivity index (χ2v) is 10.8. The van der Waals surface area contributed by atoms with Crippen LogP contribution in [0.25, 0.3) is 16.9 Å². The van der Waals surface area contributed by atoms with Crippen LogP contribution in [-0.4, -0.2) is 35.6 Å². The average molecular weight is 468 g/mol. The van der Waals surface area contributed by atoms with Gasteiger partial charge in [-0.25, -0.2) is 13.6 Å². The van der Waals surface area contributed by atoms with Crippen LogP contribution in [0.3, 0.4) is 0 Å². The number of carbonyl (C=O) groups excluding carboxylic acids is 1. The Kier molecular flexibility index (Phi) is 5.82. The highest BCUT2D eigenvalue weighted by Crippen LogP contribution is 2.37. The number of sulfonamides is 1. The maximum absolute atomic E-state index is 12.7. The lowest BCUT2D eigenvalue weighted by atomic mass is 9.78. The van der Waals surface area contributed by atoms with Crippen molar-refractivity contribution in [2.75, 3.05) is 6.54 Å². The molecule has 7 nitrogen and oxygen atoms in total. The van der Waals surface area contributed by atoms with Gasteiger partial charge in [-0.1, -0.05) is 32.9 Å². The quantitative estimate of drug-likeness (QED) is 0.548. The number of Topliss-reactive ketones (excluding diaryl/α,β-unsaturated/α-hetero) is 1. The fourth-order valence-electron chi connectivity index (χ4n) is 4.75. The molecule has 33 heavy (non-hydrogen) atoms. The van der Waals surface area contributed by atoms with E-state index in [2.05, 4.69) is 26.0 Å². The molecule has 0 amide bonds. The molecular formula is C25H29N3O4S. The van der Waals surface area contributed by atoms with E-state index < -0.39 is 10.0 Å². The standard InChI is InChI=1S/C25H29N3O4S/c1-5-24(29)21-13-23(17-6-11-22-18(12-17)14-27(30)15-25(22,3)4)28(16(21)2)19-7-9-20(10-8-19)33(26,31)32/h6-13,30H,5,14-15H2,1-4H3,(H2,26,31,32). The third kappa shape index (κ3) is 4.27. The van der Waals surface area contributed by atoms with Crippen LogP contribution in [0, 0.1) is 6.92 Å². The summed E-state index contributed by atoms with van der Waals surface area (Å²) in [6.07, 6.45) is 0.381. The highest BCUT2D eigenvalue weighted by molar-refractivity contribution is 7.89. The van der Waals surface area contributed by atoms with Crippen LogP contribution in [0.2, 0.25) is 0 Å². The van der Waals surface area contributed by atoms with Crippen LogP contribution in [0.1, 0.15) is 54.4 Å². The molecule has 0 bridgehead atoms. The maximum Gasteiger partial charge on any atom is 0.238 e. The molecule has 0 atom stereocenters. The summed E-state index contributed by atoms with van der Waals surface area (Å²) in [5.41, 5.74) is 5.90. The summed E-state index contributed by atoms with van der Waals surface area (Å²) in [4.78, 5) is 12.7. The molecule has 3 aromatic rings. The van der Waals surface area contributed by atoms with Crippen LogP contribution in [0.4, 0.5) is 0 Å². The molecule has 0 fully saturated rings. The minimum absolute atomic E-state index is 0.0292. The van der Waals surface area contributed by atoms with E-state index in [0.29, 0.717) is 25.1 Å². The SMILES string of the molecule is CCC(=O)c1cc(-c2ccc3c(c2)CN(O)CC3(C)C)n(-c2ccc(S(N)(=O)=O)cc2)c1C. The van der Waals surface area contributed by atoms with Crippen LogP contribution >= 0.6 is 0 Å². The van der Waals surface area contributed by atoms with Crippen molar-refractivity contribution in [3.63, 3.8) is 0 Å². The second kappa shape index (κ2) is 8.22. The Bertz CT molecular complexity index is 1340. The number of hydrogen-bond acceptors (Lipinski definition) is 5. The van der Waals surface area contributed by atoms with Gasteiger partial charge in [0, 0.05) is 41.9 Å². The van der Waals surface area contributed by atoms with Gasteiger partial charge in [0.15, 0.2) is 5.78 Å². The van der Waals surface area contributed by atoms with E-state index in [-0.39, 0.29) is 16.1 Å². The maximum atomic E-state index is 12.7. The number of hydroxylamine groups is 2. The summed E-state index contributed by atoms with van der Waals surface area (Å²) in [6, 6.07) is 14.4. The number of ketones is 1. The van der Waals surface area contributed by atoms with E-state index >= 15 is 0 Å². The molecule has 1 aromatic heterocycles. The van der Waals surface area contributed by atoms with Crippen LogP contribution in [0.5, 0.6) is 0 Å². The lowest BCUT2D eigenvalue weighted by Gasteiger charge is -2.37. The van der Waals surface area contributed by atoms with Crippen LogP contribution in [-0.2, 0) is 22.0 Å². The molecule has 4 rings (SSSR count). The van der Waals surface area contributed by atoms with E-state index in [1.54, 1.807) is 12.1 Å². The lowest BCUT2D eigenvalue weighted by Crippen LogP contribution is -2.40. The molecule has 174 valence electrons. The molecular weight excluding hydrogens is 438 g/mol. The molecule has 3 N–H and O–H groups in total. The Balaban J connectivity index is 1.91. The van der Waals surface area contributed by atoms with Crippen LogP contribution in [0.15, 0.2) is 53.4 Å². The Morgan fingerprint density at radius 2 is 1.79 bits per heavy atom. The third-order valence-corrected chi connectivity index (χ3v) is 7.28. The summed E-state index contributed by atoms with van der Waals surface area (Å²) in [6.45, 7) is 8.90. The fourth-order valence-corrected chi connectivity index (χ4v) is 5.26. The fraction of sp³-hybridized carbons (Fsp3) is 0.320. The number of hydrogen-bond donors (Lipinski definition) is 2. The average Bonchev–Trinajstić information content (AvgIpc) is 3.08. The summed E-state index contributed by atoms with van der Waals surface area (Å²) in [5.74, 6) is 0.0364. The number of aromatic nitrogens is 1. The molecule has 0 radical (unpaired) electrons. The van der Waals surface area contributed by atoms with E-state index in [1.807, 2.05) is 30.5 Å². The van der Waals surface area contributed by atoms with Gasteiger partial charge in [0.05, 0.1) is 10.6 Å². The van der Waals surface area contributed by atoms with Gasteiger partial charge < -0.3 is 9.77 Å². The Hall–Kier alpha value is -2.78. The first-order valence-electron chi connectivity index (χ1n) is 10.9. The number of nitrogens with two attached hydrogens (primary N) is 1. The zero-order valence-electron chi connectivity index (χ0n) is 19.3. The van der Waals surface area contributed by atoms with E-state index in [9.17, 15) is 18.4 Å². The van der Waals surface area contributed by atoms with Crippen LogP contribution < -0.4 is 5.14 Å². The first kappa shape index (κ1) is 23.4. The van der Waals surface area contributed by atoms with Gasteiger partial charge in [-0.2, -0.15) is 5.06 Å². The Morgan fingerprint density at radius 1 is 1.12 bits per heavy atom. The predicted molar refractivity (Wildman–Crippen MR) is 127 cm³/mol. The number of carbonyl (C=O) groups is 1. The number of fused-ring (bicyclic) bond motifs is 1. The third-order valence-electron chi connectivity index (χ3n) is 6.35. The first-order chi connectivity index (χ1) is 15.4. The molecule has 0 saturated carbocycles. The zero-order valence-corrected chi connectivity index (χ0v) is 20.1. The Labute approximate surface area is 194 Å². The summed E-state index contributed by atoms with van der Waals surface area (Å²) < 4.78 is 25.3. The number of nitrogens with zero attached hydrogens (tertiary/aromatic N) is 2. The van der Waals surface area contributed by atoms with E-state index in [0.717, 1.165) is 28.2 Å². The molecule has 2 aromatic carbocycles. The normalized spacial score (nSPS) is 15.9. The van der Waals surface area contributed by atoms with Crippen molar-refractivity contribution in [1.82, 2.24) is 9.63 Å². The molecule has 1 aliphatic rings. The topological polar surface area (TPSA) is 106 Å². The van der Waals surface area contributed by atoms with Crippen molar-refractivity contribution in [1.29, 1.82) is 0 Å². The van der Waals surface area contributed by atoms with E-state index in [1.165, 1.54) is 22.8 Å². The molecule has 0 unspecified atom stereocenters. The van der Waals surface area contributed by atoms with Gasteiger partial charge in [-0.3, -0.25) is 4.79 Å². The highest BCUT2D eigenvalue weighted by Gasteiger charge is 2.31. The molecule has 1 aliphatic heterocycles. The minimum Gasteiger partial charge on any atom is -0.314 e. The van der Waals surface area contributed by atoms with Gasteiger partial charge in [-0.05, 0) is 60.0 Å². The second-order valence-electron chi connectivity index (χ2n) is 9.26. The largest absolute Gasteiger partial charge is 0.314 e. The molecule has 2 heterocycles. The molecule has 0 saturated heterocycles. The van der Waals surface area contributed by atoms with Gasteiger partial charge in [-0.15, -0.1) is 0 Å². The summed E-state index contributed by atoms with van der Waals surface area (Å²) in [5, 5.41) is 16.8. The van der Waals surface area contributed by atoms with Crippen molar-refractivity contribution in [2.24, 2.45) is 5.14 Å². The molecule has 0 spiro atoms. The summed E-state index contributed by atoms with van der Waals surface area (Å²) >= 11 is 0. The smallest absolute Gasteiger partial charge is 0.238 e. The highest BCUT2D eigenvalue weighted by atomic mass is 32.2. The zero-order chi connectivity index (χ0) is 24.1. The molecule has 0 aliphatic carbocycles. The predicted octanol–water partition coefficient (Wildman–Crippen LogP) is 4.18. The monoisotopic (exact) mass is 467 g/mol. The number of rotatable bonds is 5. The Morgan fingerprint density at radius 3 is 2.39 bits per heavy atom. The van der Waals surface area contributed by atoms with Crippen molar-refractivity contribution in [2.45, 2.75) is 51.0 Å². The first-order valence-corrected chi connectivity index (χ1v) is 12.4. The summed E-state index contributed by atoms with van der Waals surface area (Å²) in [7, 11) is -3.80. The number of benzene rings is 2. The van der Waals surface area contributed by atoms with Gasteiger partial charge >= 0.3 is 0 Å². The number of primary sulfonamides is 1. The van der Waals surface area contributed by atoms with Crippen molar-refractivity contribution in [3.8, 4) is 16.9 Å². The lowest BCUT2D eigenvalue weighted by molar-refractivity contribution is -0.118.